The van der Waals surface area contributed by atoms with Gasteiger partial charge >= 0.3 is 0 Å². The predicted octanol–water partition coefficient (Wildman–Crippen LogP) is 2.45. The minimum atomic E-state index is -0.231. The summed E-state index contributed by atoms with van der Waals surface area (Å²) in [6.45, 7) is 0. The lowest BCUT2D eigenvalue weighted by Crippen LogP contribution is -2.14. The lowest BCUT2D eigenvalue weighted by molar-refractivity contribution is 0.102. The molecule has 2 heterocycles. The molecule has 23 heavy (non-hydrogen) atoms. The highest BCUT2D eigenvalue weighted by Crippen LogP contribution is 2.20. The molecule has 0 aliphatic rings. The van der Waals surface area contributed by atoms with Crippen LogP contribution in [0.5, 0.6) is 0 Å². The van der Waals surface area contributed by atoms with E-state index in [1.165, 1.54) is 6.39 Å². The number of benzene rings is 1. The van der Waals surface area contributed by atoms with E-state index in [4.69, 9.17) is 4.42 Å². The Kier molecular flexibility index (Phi) is 4.01. The molecule has 1 amide bonds. The van der Waals surface area contributed by atoms with Crippen molar-refractivity contribution in [2.75, 3.05) is 24.3 Å². The van der Waals surface area contributed by atoms with Crippen LogP contribution >= 0.6 is 0 Å². The van der Waals surface area contributed by atoms with Gasteiger partial charge in [0.15, 0.2) is 0 Å². The molecule has 0 saturated carbocycles. The third-order valence-electron chi connectivity index (χ3n) is 3.20. The Hall–Kier alpha value is -3.22. The molecule has 3 rings (SSSR count). The summed E-state index contributed by atoms with van der Waals surface area (Å²) >= 11 is 0. The van der Waals surface area contributed by atoms with E-state index < -0.39 is 0 Å². The summed E-state index contributed by atoms with van der Waals surface area (Å²) < 4.78 is 5.15. The van der Waals surface area contributed by atoms with Crippen LogP contribution in [0.3, 0.4) is 0 Å². The van der Waals surface area contributed by atoms with Gasteiger partial charge in [0.2, 0.25) is 12.3 Å². The smallest absolute Gasteiger partial charge is 0.257 e. The Morgan fingerprint density at radius 1 is 1.22 bits per heavy atom. The highest BCUT2D eigenvalue weighted by atomic mass is 16.4. The molecule has 7 nitrogen and oxygen atoms in total. The minimum absolute atomic E-state index is 0.231. The second-order valence-electron chi connectivity index (χ2n) is 5.08. The zero-order valence-electron chi connectivity index (χ0n) is 12.7. The topological polar surface area (TPSA) is 84.2 Å². The molecule has 1 N–H and O–H groups in total. The highest BCUT2D eigenvalue weighted by Gasteiger charge is 2.09. The Labute approximate surface area is 133 Å². The van der Waals surface area contributed by atoms with Crippen LogP contribution in [0.25, 0.3) is 11.5 Å². The standard InChI is InChI=1S/C16H15N5O2/c1-21(2)14-7-6-12(9-17-14)15(22)19-13-5-3-4-11(8-13)16-20-18-10-23-16/h3-10H,1-2H3,(H,19,22). The van der Waals surface area contributed by atoms with Gasteiger partial charge in [-0.05, 0) is 30.3 Å². The zero-order valence-corrected chi connectivity index (χ0v) is 12.7. The fourth-order valence-corrected chi connectivity index (χ4v) is 2.02. The van der Waals surface area contributed by atoms with Crippen LogP contribution in [-0.2, 0) is 0 Å². The van der Waals surface area contributed by atoms with Gasteiger partial charge < -0.3 is 14.6 Å². The first-order valence-electron chi connectivity index (χ1n) is 6.95. The lowest BCUT2D eigenvalue weighted by atomic mass is 10.2. The number of hydrogen-bond donors (Lipinski definition) is 1. The van der Waals surface area contributed by atoms with Crippen molar-refractivity contribution < 1.29 is 9.21 Å². The molecule has 0 aliphatic heterocycles. The molecule has 0 atom stereocenters. The summed E-state index contributed by atoms with van der Waals surface area (Å²) in [5.41, 5.74) is 1.86. The Morgan fingerprint density at radius 2 is 2.09 bits per heavy atom. The average Bonchev–Trinajstić information content (AvgIpc) is 3.10. The van der Waals surface area contributed by atoms with E-state index in [-0.39, 0.29) is 5.91 Å². The van der Waals surface area contributed by atoms with Crippen molar-refractivity contribution in [3.8, 4) is 11.5 Å². The van der Waals surface area contributed by atoms with Crippen LogP contribution in [-0.4, -0.2) is 35.2 Å². The Bertz CT molecular complexity index is 798. The number of aromatic nitrogens is 3. The van der Waals surface area contributed by atoms with Gasteiger partial charge in [0.1, 0.15) is 5.82 Å². The van der Waals surface area contributed by atoms with Gasteiger partial charge in [-0.2, -0.15) is 0 Å². The molecule has 116 valence electrons. The summed E-state index contributed by atoms with van der Waals surface area (Å²) in [6, 6.07) is 10.7. The van der Waals surface area contributed by atoms with Crippen LogP contribution in [0.15, 0.2) is 53.4 Å². The number of anilines is 2. The summed E-state index contributed by atoms with van der Waals surface area (Å²) in [7, 11) is 3.79. The first-order valence-corrected chi connectivity index (χ1v) is 6.95. The Balaban J connectivity index is 1.76. The first kappa shape index (κ1) is 14.7. The number of amides is 1. The molecule has 2 aromatic heterocycles. The van der Waals surface area contributed by atoms with E-state index in [9.17, 15) is 4.79 Å². The SMILES string of the molecule is CN(C)c1ccc(C(=O)Nc2cccc(-c3nnco3)c2)cn1. The third-order valence-corrected chi connectivity index (χ3v) is 3.20. The van der Waals surface area contributed by atoms with Crippen LogP contribution in [0, 0.1) is 0 Å². The molecule has 3 aromatic rings. The van der Waals surface area contributed by atoms with Gasteiger partial charge in [0, 0.05) is 31.5 Å². The van der Waals surface area contributed by atoms with Crippen LogP contribution < -0.4 is 10.2 Å². The maximum atomic E-state index is 12.3. The summed E-state index contributed by atoms with van der Waals surface area (Å²) in [6.07, 6.45) is 2.81. The molecule has 0 radical (unpaired) electrons. The molecular formula is C16H15N5O2. The lowest BCUT2D eigenvalue weighted by Gasteiger charge is -2.11. The van der Waals surface area contributed by atoms with Crippen molar-refractivity contribution in [3.05, 3.63) is 54.6 Å². The van der Waals surface area contributed by atoms with Gasteiger partial charge in [0.05, 0.1) is 5.56 Å². The van der Waals surface area contributed by atoms with Crippen molar-refractivity contribution >= 4 is 17.4 Å². The summed E-state index contributed by atoms with van der Waals surface area (Å²) in [5, 5.41) is 10.3. The maximum Gasteiger partial charge on any atom is 0.257 e. The quantitative estimate of drug-likeness (QED) is 0.797. The zero-order chi connectivity index (χ0) is 16.2. The fourth-order valence-electron chi connectivity index (χ4n) is 2.02. The van der Waals surface area contributed by atoms with Gasteiger partial charge in [0.25, 0.3) is 5.91 Å². The third kappa shape index (κ3) is 3.34. The molecule has 0 saturated heterocycles. The van der Waals surface area contributed by atoms with Gasteiger partial charge in [-0.3, -0.25) is 4.79 Å². The second-order valence-corrected chi connectivity index (χ2v) is 5.08. The summed E-state index contributed by atoms with van der Waals surface area (Å²) in [5.74, 6) is 0.962. The van der Waals surface area contributed by atoms with Crippen LogP contribution in [0.2, 0.25) is 0 Å². The van der Waals surface area contributed by atoms with E-state index in [1.807, 2.05) is 31.1 Å². The normalized spacial score (nSPS) is 10.3. The van der Waals surface area contributed by atoms with E-state index in [0.29, 0.717) is 17.1 Å². The van der Waals surface area contributed by atoms with E-state index in [1.54, 1.807) is 30.5 Å². The first-order chi connectivity index (χ1) is 11.1. The van der Waals surface area contributed by atoms with Gasteiger partial charge in [-0.25, -0.2) is 4.98 Å². The second kappa shape index (κ2) is 6.27. The minimum Gasteiger partial charge on any atom is -0.423 e. The van der Waals surface area contributed by atoms with Crippen molar-refractivity contribution in [2.24, 2.45) is 0 Å². The molecule has 0 unspecified atom stereocenters. The molecule has 1 aromatic carbocycles. The molecule has 0 fully saturated rings. The average molecular weight is 309 g/mol. The molecular weight excluding hydrogens is 294 g/mol. The maximum absolute atomic E-state index is 12.3. The molecule has 0 spiro atoms. The number of nitrogens with one attached hydrogen (secondary N) is 1. The number of hydrogen-bond acceptors (Lipinski definition) is 6. The Morgan fingerprint density at radius 3 is 2.74 bits per heavy atom. The highest BCUT2D eigenvalue weighted by molar-refractivity contribution is 6.04. The summed E-state index contributed by atoms with van der Waals surface area (Å²) in [4.78, 5) is 18.4. The fraction of sp³-hybridized carbons (Fsp3) is 0.125. The van der Waals surface area contributed by atoms with Gasteiger partial charge in [-0.1, -0.05) is 6.07 Å². The van der Waals surface area contributed by atoms with Crippen molar-refractivity contribution in [1.29, 1.82) is 0 Å². The van der Waals surface area contributed by atoms with E-state index in [2.05, 4.69) is 20.5 Å². The number of carbonyl (C=O) groups is 1. The van der Waals surface area contributed by atoms with Crippen molar-refractivity contribution in [2.45, 2.75) is 0 Å². The van der Waals surface area contributed by atoms with Crippen LogP contribution in [0.1, 0.15) is 10.4 Å². The largest absolute Gasteiger partial charge is 0.423 e. The number of rotatable bonds is 4. The molecule has 0 aliphatic carbocycles. The molecule has 7 heteroatoms. The van der Waals surface area contributed by atoms with E-state index >= 15 is 0 Å². The van der Waals surface area contributed by atoms with Crippen LogP contribution in [0.4, 0.5) is 11.5 Å². The predicted molar refractivity (Wildman–Crippen MR) is 86.3 cm³/mol. The van der Waals surface area contributed by atoms with Crippen molar-refractivity contribution in [3.63, 3.8) is 0 Å². The monoisotopic (exact) mass is 309 g/mol. The van der Waals surface area contributed by atoms with E-state index in [0.717, 1.165) is 11.4 Å². The number of carbonyl (C=O) groups excluding carboxylic acids is 1. The molecule has 0 bridgehead atoms. The number of pyridine rings is 1. The van der Waals surface area contributed by atoms with Gasteiger partial charge in [-0.15, -0.1) is 10.2 Å². The van der Waals surface area contributed by atoms with Crippen molar-refractivity contribution in [1.82, 2.24) is 15.2 Å². The number of nitrogens with zero attached hydrogens (tertiary/aromatic N) is 4.